The molecule has 2 aromatic rings. The monoisotopic (exact) mass is 384 g/mol. The van der Waals surface area contributed by atoms with Crippen LogP contribution in [-0.2, 0) is 6.54 Å². The van der Waals surface area contributed by atoms with Gasteiger partial charge in [-0.3, -0.25) is 0 Å². The lowest BCUT2D eigenvalue weighted by molar-refractivity contribution is 0.444. The highest BCUT2D eigenvalue weighted by atomic mass is 35.5. The molecule has 1 aliphatic heterocycles. The van der Waals surface area contributed by atoms with Gasteiger partial charge in [-0.2, -0.15) is 0 Å². The zero-order chi connectivity index (χ0) is 19.4. The number of aliphatic hydroxyl groups excluding tert-OH is 1. The standard InChI is InChI=1S/C20H18ClFN4O/c1-13-5-7-15-18(24-13)3-2-4-19(15)25-20(23)26(9-10-27)12-14-6-8-17(22)16(21)11-14/h2-11,24,27H,1,12H2,(H2,23,25)/b10-9+. The maximum absolute atomic E-state index is 13.4. The highest BCUT2D eigenvalue weighted by Crippen LogP contribution is 2.32. The van der Waals surface area contributed by atoms with Gasteiger partial charge in [0.25, 0.3) is 0 Å². The number of allylic oxidation sites excluding steroid dienone is 1. The third-order valence-corrected chi connectivity index (χ3v) is 4.23. The van der Waals surface area contributed by atoms with E-state index in [4.69, 9.17) is 17.3 Å². The van der Waals surface area contributed by atoms with Crippen LogP contribution < -0.4 is 11.1 Å². The van der Waals surface area contributed by atoms with Crippen molar-refractivity contribution >= 4 is 35.0 Å². The van der Waals surface area contributed by atoms with Crippen LogP contribution >= 0.6 is 11.6 Å². The number of hydrogen-bond acceptors (Lipinski definition) is 3. The van der Waals surface area contributed by atoms with E-state index < -0.39 is 5.82 Å². The molecule has 0 aromatic heterocycles. The fraction of sp³-hybridized carbons (Fsp3) is 0.0500. The van der Waals surface area contributed by atoms with Crippen molar-refractivity contribution in [3.63, 3.8) is 0 Å². The summed E-state index contributed by atoms with van der Waals surface area (Å²) in [6.45, 7) is 4.13. The summed E-state index contributed by atoms with van der Waals surface area (Å²) in [5.41, 5.74) is 10.1. The Morgan fingerprint density at radius 3 is 2.89 bits per heavy atom. The number of halogens is 2. The summed E-state index contributed by atoms with van der Waals surface area (Å²) in [7, 11) is 0. The van der Waals surface area contributed by atoms with Crippen molar-refractivity contribution in [2.24, 2.45) is 10.7 Å². The number of nitrogens with zero attached hydrogens (tertiary/aromatic N) is 2. The molecule has 0 amide bonds. The molecule has 3 rings (SSSR count). The van der Waals surface area contributed by atoms with Gasteiger partial charge in [-0.15, -0.1) is 0 Å². The largest absolute Gasteiger partial charge is 0.514 e. The van der Waals surface area contributed by atoms with E-state index in [1.165, 1.54) is 23.2 Å². The predicted octanol–water partition coefficient (Wildman–Crippen LogP) is 4.91. The van der Waals surface area contributed by atoms with Gasteiger partial charge in [0.1, 0.15) is 5.82 Å². The predicted molar refractivity (Wildman–Crippen MR) is 108 cm³/mol. The fourth-order valence-corrected chi connectivity index (χ4v) is 2.85. The molecule has 4 N–H and O–H groups in total. The van der Waals surface area contributed by atoms with Crippen molar-refractivity contribution in [3.05, 3.63) is 89.2 Å². The Balaban J connectivity index is 1.91. The van der Waals surface area contributed by atoms with E-state index in [0.29, 0.717) is 11.3 Å². The Labute approximate surface area is 161 Å². The first-order valence-corrected chi connectivity index (χ1v) is 8.48. The molecule has 0 saturated heterocycles. The maximum Gasteiger partial charge on any atom is 0.201 e. The topological polar surface area (TPSA) is 73.9 Å². The number of rotatable bonds is 4. The van der Waals surface area contributed by atoms with E-state index in [1.54, 1.807) is 6.07 Å². The molecule has 27 heavy (non-hydrogen) atoms. The highest BCUT2D eigenvalue weighted by molar-refractivity contribution is 6.30. The van der Waals surface area contributed by atoms with Crippen LogP contribution in [0.2, 0.25) is 5.02 Å². The fourth-order valence-electron chi connectivity index (χ4n) is 2.65. The zero-order valence-corrected chi connectivity index (χ0v) is 15.1. The first-order valence-electron chi connectivity index (χ1n) is 8.10. The molecule has 0 unspecified atom stereocenters. The number of nitrogens with one attached hydrogen (secondary N) is 1. The third kappa shape index (κ3) is 4.30. The van der Waals surface area contributed by atoms with Crippen molar-refractivity contribution in [2.45, 2.75) is 6.54 Å². The number of anilines is 1. The number of fused-ring (bicyclic) bond motifs is 1. The van der Waals surface area contributed by atoms with Gasteiger partial charge in [0.05, 0.1) is 23.5 Å². The van der Waals surface area contributed by atoms with Crippen LogP contribution in [0.25, 0.3) is 6.08 Å². The molecule has 0 bridgehead atoms. The molecule has 0 spiro atoms. The van der Waals surface area contributed by atoms with Gasteiger partial charge in [0.2, 0.25) is 5.96 Å². The van der Waals surface area contributed by atoms with E-state index in [1.807, 2.05) is 30.4 Å². The van der Waals surface area contributed by atoms with Crippen LogP contribution in [0.3, 0.4) is 0 Å². The smallest absolute Gasteiger partial charge is 0.201 e. The molecule has 0 radical (unpaired) electrons. The molecule has 5 nitrogen and oxygen atoms in total. The second-order valence-corrected chi connectivity index (χ2v) is 6.27. The molecule has 1 aliphatic rings. The van der Waals surface area contributed by atoms with Crippen molar-refractivity contribution < 1.29 is 9.50 Å². The number of benzene rings is 2. The lowest BCUT2D eigenvalue weighted by Gasteiger charge is -2.20. The Kier molecular flexibility index (Phi) is 5.47. The lowest BCUT2D eigenvalue weighted by Crippen LogP contribution is -2.32. The second kappa shape index (κ2) is 7.97. The minimum atomic E-state index is -0.497. The average molecular weight is 385 g/mol. The van der Waals surface area contributed by atoms with Gasteiger partial charge in [-0.05, 0) is 42.0 Å². The van der Waals surface area contributed by atoms with E-state index in [2.05, 4.69) is 16.9 Å². The number of nitrogens with two attached hydrogens (primary N) is 1. The van der Waals surface area contributed by atoms with E-state index in [9.17, 15) is 9.50 Å². The highest BCUT2D eigenvalue weighted by Gasteiger charge is 2.12. The SMILES string of the molecule is C=C1C=Cc2c(N=C(N)N(/C=C/O)Cc3ccc(F)c(Cl)c3)cccc2N1. The molecule has 1 heterocycles. The molecular weight excluding hydrogens is 367 g/mol. The average Bonchev–Trinajstić information content (AvgIpc) is 2.64. The van der Waals surface area contributed by atoms with Gasteiger partial charge in [0.15, 0.2) is 0 Å². The lowest BCUT2D eigenvalue weighted by atomic mass is 10.1. The summed E-state index contributed by atoms with van der Waals surface area (Å²) in [6.07, 6.45) is 6.00. The van der Waals surface area contributed by atoms with Crippen molar-refractivity contribution in [1.82, 2.24) is 4.90 Å². The van der Waals surface area contributed by atoms with Gasteiger partial charge >= 0.3 is 0 Å². The molecule has 2 aromatic carbocycles. The summed E-state index contributed by atoms with van der Waals surface area (Å²) in [4.78, 5) is 6.01. The third-order valence-electron chi connectivity index (χ3n) is 3.94. The Morgan fingerprint density at radius 2 is 2.15 bits per heavy atom. The molecular formula is C20H18ClFN4O. The number of guanidine groups is 1. The Bertz CT molecular complexity index is 968. The summed E-state index contributed by atoms with van der Waals surface area (Å²) in [6, 6.07) is 9.99. The Hall–Kier alpha value is -3.25. The van der Waals surface area contributed by atoms with Crippen LogP contribution in [0.1, 0.15) is 11.1 Å². The summed E-state index contributed by atoms with van der Waals surface area (Å²) < 4.78 is 13.4. The van der Waals surface area contributed by atoms with Gasteiger partial charge in [0, 0.05) is 23.1 Å². The first-order chi connectivity index (χ1) is 13.0. The number of aliphatic hydroxyl groups is 1. The summed E-state index contributed by atoms with van der Waals surface area (Å²) >= 11 is 5.83. The van der Waals surface area contributed by atoms with Crippen molar-refractivity contribution in [1.29, 1.82) is 0 Å². The molecule has 0 aliphatic carbocycles. The molecule has 0 fully saturated rings. The van der Waals surface area contributed by atoms with Crippen LogP contribution in [0.15, 0.2) is 72.2 Å². The first kappa shape index (κ1) is 18.5. The molecule has 0 atom stereocenters. The quantitative estimate of drug-likeness (QED) is 0.398. The summed E-state index contributed by atoms with van der Waals surface area (Å²) in [5, 5.41) is 12.4. The van der Waals surface area contributed by atoms with Gasteiger partial charge < -0.3 is 21.1 Å². The van der Waals surface area contributed by atoms with Crippen LogP contribution in [0.5, 0.6) is 0 Å². The van der Waals surface area contributed by atoms with Crippen LogP contribution in [0.4, 0.5) is 15.8 Å². The van der Waals surface area contributed by atoms with Crippen LogP contribution in [0, 0.1) is 5.82 Å². The molecule has 138 valence electrons. The van der Waals surface area contributed by atoms with Gasteiger partial charge in [-0.25, -0.2) is 9.38 Å². The Morgan fingerprint density at radius 1 is 1.33 bits per heavy atom. The number of hydrogen-bond donors (Lipinski definition) is 3. The van der Waals surface area contributed by atoms with Gasteiger partial charge in [-0.1, -0.05) is 30.3 Å². The summed E-state index contributed by atoms with van der Waals surface area (Å²) in [5.74, 6) is -0.338. The van der Waals surface area contributed by atoms with Crippen molar-refractivity contribution in [2.75, 3.05) is 5.32 Å². The minimum absolute atomic E-state index is 0.0181. The normalized spacial score (nSPS) is 13.6. The maximum atomic E-state index is 13.4. The molecule has 7 heteroatoms. The zero-order valence-electron chi connectivity index (χ0n) is 14.4. The number of aliphatic imine (C=N–C) groups is 1. The second-order valence-electron chi connectivity index (χ2n) is 5.87. The molecule has 0 saturated carbocycles. The van der Waals surface area contributed by atoms with E-state index >= 15 is 0 Å². The van der Waals surface area contributed by atoms with E-state index in [0.717, 1.165) is 23.2 Å². The van der Waals surface area contributed by atoms with E-state index in [-0.39, 0.29) is 17.5 Å². The minimum Gasteiger partial charge on any atom is -0.514 e. The van der Waals surface area contributed by atoms with Crippen molar-refractivity contribution in [3.8, 4) is 0 Å². The van der Waals surface area contributed by atoms with Crippen LogP contribution in [-0.4, -0.2) is 16.0 Å².